The molecule has 0 aromatic carbocycles. The van der Waals surface area contributed by atoms with E-state index in [1.807, 2.05) is 11.8 Å². The monoisotopic (exact) mass is 356 g/mol. The van der Waals surface area contributed by atoms with Crippen molar-refractivity contribution in [1.29, 1.82) is 0 Å². The Bertz CT molecular complexity index is 594. The molecule has 3 rings (SSSR count). The van der Waals surface area contributed by atoms with Gasteiger partial charge >= 0.3 is 0 Å². The number of aryl methyl sites for hydroxylation is 1. The van der Waals surface area contributed by atoms with Crippen LogP contribution >= 0.6 is 23.4 Å². The number of nitrogens with one attached hydrogen (secondary N) is 1. The molecular formula is C16H25ClN4OS. The van der Waals surface area contributed by atoms with E-state index in [4.69, 9.17) is 11.6 Å². The zero-order chi connectivity index (χ0) is 16.3. The number of anilines is 1. The summed E-state index contributed by atoms with van der Waals surface area (Å²) in [5.74, 6) is 2.44. The Hall–Kier alpha value is -0.720. The molecule has 2 heterocycles. The third-order valence-corrected chi connectivity index (χ3v) is 6.46. The number of nitrogens with zero attached hydrogens (tertiary/aromatic N) is 3. The molecule has 2 fully saturated rings. The van der Waals surface area contributed by atoms with Gasteiger partial charge in [0.1, 0.15) is 5.02 Å². The van der Waals surface area contributed by atoms with Gasteiger partial charge in [-0.2, -0.15) is 16.9 Å². The van der Waals surface area contributed by atoms with E-state index in [0.717, 1.165) is 19.6 Å². The van der Waals surface area contributed by atoms with Crippen molar-refractivity contribution in [3.63, 3.8) is 0 Å². The van der Waals surface area contributed by atoms with Gasteiger partial charge in [-0.05, 0) is 12.8 Å². The fraction of sp³-hybridized carbons (Fsp3) is 0.750. The van der Waals surface area contributed by atoms with Crippen LogP contribution in [0.1, 0.15) is 32.1 Å². The first-order valence-electron chi connectivity index (χ1n) is 8.41. The fourth-order valence-corrected chi connectivity index (χ4v) is 4.89. The van der Waals surface area contributed by atoms with E-state index < -0.39 is 0 Å². The van der Waals surface area contributed by atoms with Crippen LogP contribution in [0, 0.1) is 0 Å². The van der Waals surface area contributed by atoms with Crippen LogP contribution in [0.5, 0.6) is 0 Å². The summed E-state index contributed by atoms with van der Waals surface area (Å²) in [7, 11) is 1.62. The highest BCUT2D eigenvalue weighted by Gasteiger charge is 2.38. The lowest BCUT2D eigenvalue weighted by Gasteiger charge is -2.48. The molecule has 1 aromatic heterocycles. The molecule has 128 valence electrons. The molecule has 0 unspecified atom stereocenters. The number of halogens is 1. The zero-order valence-corrected chi connectivity index (χ0v) is 15.3. The van der Waals surface area contributed by atoms with Crippen molar-refractivity contribution in [2.24, 2.45) is 7.05 Å². The number of aromatic nitrogens is 2. The predicted molar refractivity (Wildman–Crippen MR) is 97.7 cm³/mol. The fourth-order valence-electron chi connectivity index (χ4n) is 3.75. The van der Waals surface area contributed by atoms with Gasteiger partial charge in [0.05, 0.1) is 11.9 Å². The van der Waals surface area contributed by atoms with Crippen LogP contribution in [-0.2, 0) is 7.05 Å². The van der Waals surface area contributed by atoms with E-state index in [-0.39, 0.29) is 16.1 Å². The third-order valence-electron chi connectivity index (χ3n) is 5.15. The van der Waals surface area contributed by atoms with E-state index in [0.29, 0.717) is 5.69 Å². The molecule has 0 amide bonds. The highest BCUT2D eigenvalue weighted by atomic mass is 35.5. The van der Waals surface area contributed by atoms with Gasteiger partial charge in [0, 0.05) is 43.7 Å². The van der Waals surface area contributed by atoms with Gasteiger partial charge in [-0.15, -0.1) is 0 Å². The SMILES string of the molecule is Cn1ncc(NCC2(N3CCSCC3)CCCCC2)c(Cl)c1=O. The van der Waals surface area contributed by atoms with E-state index >= 15 is 0 Å². The second kappa shape index (κ2) is 7.45. The summed E-state index contributed by atoms with van der Waals surface area (Å²) in [4.78, 5) is 14.6. The lowest BCUT2D eigenvalue weighted by Crippen LogP contribution is -2.57. The largest absolute Gasteiger partial charge is 0.381 e. The molecular weight excluding hydrogens is 332 g/mol. The van der Waals surface area contributed by atoms with Crippen LogP contribution < -0.4 is 10.9 Å². The first kappa shape index (κ1) is 17.1. The molecule has 0 spiro atoms. The van der Waals surface area contributed by atoms with E-state index in [1.54, 1.807) is 13.2 Å². The molecule has 1 N–H and O–H groups in total. The van der Waals surface area contributed by atoms with Gasteiger partial charge in [0.15, 0.2) is 0 Å². The van der Waals surface area contributed by atoms with Crippen molar-refractivity contribution in [2.75, 3.05) is 36.5 Å². The molecule has 7 heteroatoms. The summed E-state index contributed by atoms with van der Waals surface area (Å²) in [6, 6.07) is 0. The maximum atomic E-state index is 11.9. The second-order valence-corrected chi connectivity index (χ2v) is 8.14. The molecule has 0 atom stereocenters. The average Bonchev–Trinajstić information content (AvgIpc) is 2.61. The first-order valence-corrected chi connectivity index (χ1v) is 9.94. The van der Waals surface area contributed by atoms with Gasteiger partial charge in [0.2, 0.25) is 0 Å². The Morgan fingerprint density at radius 1 is 1.30 bits per heavy atom. The van der Waals surface area contributed by atoms with Crippen LogP contribution in [0.25, 0.3) is 0 Å². The molecule has 2 aliphatic rings. The first-order chi connectivity index (χ1) is 11.1. The number of rotatable bonds is 4. The minimum atomic E-state index is -0.247. The van der Waals surface area contributed by atoms with E-state index in [1.165, 1.54) is 48.3 Å². The molecule has 23 heavy (non-hydrogen) atoms. The van der Waals surface area contributed by atoms with Crippen molar-refractivity contribution in [3.05, 3.63) is 21.6 Å². The molecule has 0 bridgehead atoms. The Kier molecular flexibility index (Phi) is 5.54. The van der Waals surface area contributed by atoms with Crippen molar-refractivity contribution in [1.82, 2.24) is 14.7 Å². The summed E-state index contributed by atoms with van der Waals surface area (Å²) >= 11 is 8.24. The van der Waals surface area contributed by atoms with Crippen LogP contribution in [0.3, 0.4) is 0 Å². The van der Waals surface area contributed by atoms with Crippen LogP contribution in [0.4, 0.5) is 5.69 Å². The Morgan fingerprint density at radius 2 is 2.00 bits per heavy atom. The Morgan fingerprint density at radius 3 is 2.70 bits per heavy atom. The normalized spacial score (nSPS) is 22.0. The molecule has 1 aromatic rings. The minimum Gasteiger partial charge on any atom is -0.381 e. The lowest BCUT2D eigenvalue weighted by molar-refractivity contribution is 0.0707. The van der Waals surface area contributed by atoms with Gasteiger partial charge in [-0.1, -0.05) is 30.9 Å². The molecule has 1 aliphatic carbocycles. The zero-order valence-electron chi connectivity index (χ0n) is 13.7. The van der Waals surface area contributed by atoms with Crippen LogP contribution in [-0.4, -0.2) is 51.4 Å². The van der Waals surface area contributed by atoms with Crippen molar-refractivity contribution < 1.29 is 0 Å². The highest BCUT2D eigenvalue weighted by molar-refractivity contribution is 7.99. The van der Waals surface area contributed by atoms with Crippen molar-refractivity contribution in [2.45, 2.75) is 37.6 Å². The minimum absolute atomic E-state index is 0.198. The lowest BCUT2D eigenvalue weighted by atomic mass is 9.80. The topological polar surface area (TPSA) is 50.2 Å². The summed E-state index contributed by atoms with van der Waals surface area (Å²) in [6.45, 7) is 3.16. The van der Waals surface area contributed by atoms with Crippen molar-refractivity contribution >= 4 is 29.1 Å². The molecule has 0 radical (unpaired) electrons. The summed E-state index contributed by atoms with van der Waals surface area (Å²) in [5, 5.41) is 7.75. The summed E-state index contributed by atoms with van der Waals surface area (Å²) in [6.07, 6.45) is 8.01. The second-order valence-electron chi connectivity index (χ2n) is 6.54. The average molecular weight is 357 g/mol. The van der Waals surface area contributed by atoms with Crippen molar-refractivity contribution in [3.8, 4) is 0 Å². The summed E-state index contributed by atoms with van der Waals surface area (Å²) < 4.78 is 1.27. The molecule has 1 saturated heterocycles. The number of thioether (sulfide) groups is 1. The van der Waals surface area contributed by atoms with Gasteiger partial charge in [-0.25, -0.2) is 4.68 Å². The molecule has 1 aliphatic heterocycles. The molecule has 5 nitrogen and oxygen atoms in total. The van der Waals surface area contributed by atoms with Gasteiger partial charge in [-0.3, -0.25) is 9.69 Å². The number of hydrogen-bond acceptors (Lipinski definition) is 5. The quantitative estimate of drug-likeness (QED) is 0.898. The Balaban J connectivity index is 1.76. The standard InChI is InChI=1S/C16H25ClN4OS/c1-20-15(22)14(17)13(11-19-20)18-12-16(5-3-2-4-6-16)21-7-9-23-10-8-21/h11,18H,2-10,12H2,1H3. The maximum Gasteiger partial charge on any atom is 0.287 e. The van der Waals surface area contributed by atoms with E-state index in [2.05, 4.69) is 15.3 Å². The summed E-state index contributed by atoms with van der Waals surface area (Å²) in [5.41, 5.74) is 0.610. The van der Waals surface area contributed by atoms with Crippen LogP contribution in [0.2, 0.25) is 5.02 Å². The molecule has 1 saturated carbocycles. The third kappa shape index (κ3) is 3.69. The Labute approximate surface area is 146 Å². The van der Waals surface area contributed by atoms with Crippen LogP contribution in [0.15, 0.2) is 11.0 Å². The smallest absolute Gasteiger partial charge is 0.287 e. The van der Waals surface area contributed by atoms with E-state index in [9.17, 15) is 4.79 Å². The maximum absolute atomic E-state index is 11.9. The van der Waals surface area contributed by atoms with Gasteiger partial charge < -0.3 is 5.32 Å². The predicted octanol–water partition coefficient (Wildman–Crippen LogP) is 2.60. The number of hydrogen-bond donors (Lipinski definition) is 1. The van der Waals surface area contributed by atoms with Gasteiger partial charge in [0.25, 0.3) is 5.56 Å². The highest BCUT2D eigenvalue weighted by Crippen LogP contribution is 2.35.